The Labute approximate surface area is 311 Å². The molecule has 55 heavy (non-hydrogen) atoms. The van der Waals surface area contributed by atoms with Crippen LogP contribution in [0.3, 0.4) is 0 Å². The summed E-state index contributed by atoms with van der Waals surface area (Å²) in [6.07, 6.45) is -46.7. The smallest absolute Gasteiger partial charge is 0.187 e. The number of rotatable bonds is 12. The first-order valence-electron chi connectivity index (χ1n) is 17.5. The predicted octanol–water partition coefficient (Wildman–Crippen LogP) is -10.9. The van der Waals surface area contributed by atoms with Crippen LogP contribution in [0.5, 0.6) is 0 Å². The van der Waals surface area contributed by atoms with E-state index in [9.17, 15) is 81.7 Å². The Morgan fingerprint density at radius 3 is 1.15 bits per heavy atom. The third-order valence-corrected chi connectivity index (χ3v) is 10.3. The standard InChI is InChI=1S/C30H52O25/c1-6-11(35)22(20(44)26(46)47-6)52-29-21(45)23(14(38)9(4-33)50-29)53-30-25(55-28-19(43)17(41)13(37)8(3-32)49-28)24(15(39)10(5-34)51-30)54-27-18(42)16(40)12(36)7(2-31)48-27/h6-46H,2-5H2,1H3/t6-,7+,8+,9+,10+,11-,12+,13+,14+,15+,16-,17-,18+,19-,20+,21-,22+,23-,24-,25-,26?,27-,28+,29-,30-/m0/s1. The lowest BCUT2D eigenvalue weighted by molar-refractivity contribution is -0.409. The number of aliphatic hydroxyl groups is 16. The van der Waals surface area contributed by atoms with Gasteiger partial charge in [0.25, 0.3) is 0 Å². The second kappa shape index (κ2) is 18.9. The first kappa shape index (κ1) is 45.1. The van der Waals surface area contributed by atoms with E-state index in [-0.39, 0.29) is 0 Å². The van der Waals surface area contributed by atoms with Crippen molar-refractivity contribution in [1.29, 1.82) is 0 Å². The Morgan fingerprint density at radius 1 is 0.327 bits per heavy atom. The number of aliphatic hydroxyl groups excluding tert-OH is 16. The Hall–Kier alpha value is -1.00. The molecule has 0 amide bonds. The molecule has 0 aliphatic carbocycles. The molecule has 0 saturated carbocycles. The van der Waals surface area contributed by atoms with Crippen molar-refractivity contribution in [3.8, 4) is 0 Å². The summed E-state index contributed by atoms with van der Waals surface area (Å²) in [7, 11) is 0. The van der Waals surface area contributed by atoms with Crippen LogP contribution in [0.15, 0.2) is 0 Å². The van der Waals surface area contributed by atoms with Gasteiger partial charge in [-0.25, -0.2) is 0 Å². The average Bonchev–Trinajstić information content (AvgIpc) is 3.16. The molecule has 0 aromatic carbocycles. The van der Waals surface area contributed by atoms with Crippen molar-refractivity contribution in [2.24, 2.45) is 0 Å². The summed E-state index contributed by atoms with van der Waals surface area (Å²) in [5.74, 6) is 0. The van der Waals surface area contributed by atoms with Gasteiger partial charge in [0.05, 0.1) is 32.5 Å². The van der Waals surface area contributed by atoms with Crippen molar-refractivity contribution in [2.75, 3.05) is 26.4 Å². The molecule has 322 valence electrons. The second-order valence-corrected chi connectivity index (χ2v) is 13.9. The highest BCUT2D eigenvalue weighted by Crippen LogP contribution is 2.37. The fourth-order valence-corrected chi connectivity index (χ4v) is 6.93. The molecule has 25 heteroatoms. The number of hydrogen-bond donors (Lipinski definition) is 16. The van der Waals surface area contributed by atoms with Crippen molar-refractivity contribution in [2.45, 2.75) is 160 Å². The predicted molar refractivity (Wildman–Crippen MR) is 165 cm³/mol. The second-order valence-electron chi connectivity index (χ2n) is 13.9. The maximum absolute atomic E-state index is 11.4. The van der Waals surface area contributed by atoms with Gasteiger partial charge >= 0.3 is 0 Å². The fourth-order valence-electron chi connectivity index (χ4n) is 6.93. The van der Waals surface area contributed by atoms with E-state index in [1.54, 1.807) is 0 Å². The van der Waals surface area contributed by atoms with Gasteiger partial charge in [0.1, 0.15) is 116 Å². The topological polar surface area (TPSA) is 407 Å². The van der Waals surface area contributed by atoms with Crippen LogP contribution in [0, 0.1) is 0 Å². The maximum atomic E-state index is 11.4. The van der Waals surface area contributed by atoms with Crippen LogP contribution in [0.25, 0.3) is 0 Å². The fraction of sp³-hybridized carbons (Fsp3) is 1.00. The zero-order valence-electron chi connectivity index (χ0n) is 29.1. The lowest BCUT2D eigenvalue weighted by atomic mass is 9.95. The summed E-state index contributed by atoms with van der Waals surface area (Å²) in [6.45, 7) is -2.44. The van der Waals surface area contributed by atoms with E-state index in [4.69, 9.17) is 42.6 Å². The minimum Gasteiger partial charge on any atom is -0.394 e. The summed E-state index contributed by atoms with van der Waals surface area (Å²) in [6, 6.07) is 0. The highest BCUT2D eigenvalue weighted by atomic mass is 16.8. The van der Waals surface area contributed by atoms with Crippen LogP contribution in [0.4, 0.5) is 0 Å². The van der Waals surface area contributed by atoms with E-state index in [1.165, 1.54) is 6.92 Å². The molecule has 0 aromatic rings. The van der Waals surface area contributed by atoms with Crippen molar-refractivity contribution in [1.82, 2.24) is 0 Å². The third-order valence-electron chi connectivity index (χ3n) is 10.3. The van der Waals surface area contributed by atoms with Gasteiger partial charge in [-0.2, -0.15) is 0 Å². The number of ether oxygens (including phenoxy) is 9. The van der Waals surface area contributed by atoms with E-state index >= 15 is 0 Å². The molecule has 5 rings (SSSR count). The average molecular weight is 813 g/mol. The Morgan fingerprint density at radius 2 is 0.673 bits per heavy atom. The van der Waals surface area contributed by atoms with Gasteiger partial charge in [-0.3, -0.25) is 0 Å². The van der Waals surface area contributed by atoms with Crippen LogP contribution in [0.1, 0.15) is 6.92 Å². The molecule has 5 aliphatic heterocycles. The highest BCUT2D eigenvalue weighted by molar-refractivity contribution is 4.99. The highest BCUT2D eigenvalue weighted by Gasteiger charge is 2.57. The maximum Gasteiger partial charge on any atom is 0.187 e. The van der Waals surface area contributed by atoms with Crippen molar-refractivity contribution in [3.63, 3.8) is 0 Å². The van der Waals surface area contributed by atoms with Gasteiger partial charge in [0.2, 0.25) is 0 Å². The Kier molecular flexibility index (Phi) is 15.5. The first-order valence-corrected chi connectivity index (χ1v) is 17.5. The van der Waals surface area contributed by atoms with E-state index in [1.807, 2.05) is 0 Å². The largest absolute Gasteiger partial charge is 0.394 e. The Bertz CT molecular complexity index is 1170. The molecule has 5 saturated heterocycles. The molecule has 0 aromatic heterocycles. The molecule has 0 bridgehead atoms. The summed E-state index contributed by atoms with van der Waals surface area (Å²) < 4.78 is 50.3. The molecule has 25 atom stereocenters. The van der Waals surface area contributed by atoms with E-state index < -0.39 is 180 Å². The third kappa shape index (κ3) is 9.11. The molecule has 0 radical (unpaired) electrons. The van der Waals surface area contributed by atoms with Gasteiger partial charge < -0.3 is 124 Å². The van der Waals surface area contributed by atoms with E-state index in [0.29, 0.717) is 0 Å². The monoisotopic (exact) mass is 812 g/mol. The van der Waals surface area contributed by atoms with Crippen LogP contribution < -0.4 is 0 Å². The van der Waals surface area contributed by atoms with Gasteiger partial charge in [-0.15, -0.1) is 0 Å². The summed E-state index contributed by atoms with van der Waals surface area (Å²) in [5.41, 5.74) is 0. The minimum atomic E-state index is -2.13. The summed E-state index contributed by atoms with van der Waals surface area (Å²) >= 11 is 0. The lowest BCUT2D eigenvalue weighted by Crippen LogP contribution is -2.69. The van der Waals surface area contributed by atoms with Crippen molar-refractivity contribution >= 4 is 0 Å². The number of hydrogen-bond acceptors (Lipinski definition) is 25. The molecule has 5 fully saturated rings. The minimum absolute atomic E-state index is 0.897. The van der Waals surface area contributed by atoms with Gasteiger partial charge in [0, 0.05) is 0 Å². The normalized spacial score (nSPS) is 53.9. The van der Waals surface area contributed by atoms with Crippen LogP contribution in [0.2, 0.25) is 0 Å². The summed E-state index contributed by atoms with van der Waals surface area (Å²) in [5, 5.41) is 168. The molecule has 1 unspecified atom stereocenters. The van der Waals surface area contributed by atoms with Crippen molar-refractivity contribution in [3.05, 3.63) is 0 Å². The van der Waals surface area contributed by atoms with Crippen LogP contribution in [-0.4, -0.2) is 262 Å². The SMILES string of the molecule is C[C@@H]1OC(O)[C@H](O)[C@H](O[C@@H]2O[C@H](CO)[C@@H](O)[C@H](O[C@@H]3O[C@H](CO)[C@@H](O)[C@H](O[C@@H]4O[C@H](CO)[C@@H](O)[C@H](O)[C@H]4O)[C@@H]3O[C@H]3O[C@H](CO)[C@@H](O)[C@H](O)[C@@H]3O)[C@@H]2O)[C@H]1O. The molecular formula is C30H52O25. The molecule has 16 N–H and O–H groups in total. The summed E-state index contributed by atoms with van der Waals surface area (Å²) in [4.78, 5) is 0. The zero-order valence-corrected chi connectivity index (χ0v) is 29.1. The van der Waals surface area contributed by atoms with Gasteiger partial charge in [0.15, 0.2) is 31.5 Å². The van der Waals surface area contributed by atoms with Crippen LogP contribution in [-0.2, 0) is 42.6 Å². The lowest BCUT2D eigenvalue weighted by Gasteiger charge is -2.51. The van der Waals surface area contributed by atoms with Crippen LogP contribution >= 0.6 is 0 Å². The van der Waals surface area contributed by atoms with Gasteiger partial charge in [-0.05, 0) is 6.92 Å². The van der Waals surface area contributed by atoms with Crippen molar-refractivity contribution < 1.29 is 124 Å². The molecule has 0 spiro atoms. The zero-order chi connectivity index (χ0) is 40.6. The molecule has 5 heterocycles. The quantitative estimate of drug-likeness (QED) is 0.0870. The Balaban J connectivity index is 1.49. The molecular weight excluding hydrogens is 760 g/mol. The first-order chi connectivity index (χ1) is 26.0. The molecule has 25 nitrogen and oxygen atoms in total. The van der Waals surface area contributed by atoms with E-state index in [2.05, 4.69) is 0 Å². The van der Waals surface area contributed by atoms with Gasteiger partial charge in [-0.1, -0.05) is 0 Å². The van der Waals surface area contributed by atoms with E-state index in [0.717, 1.165) is 0 Å². The molecule has 5 aliphatic rings.